The fourth-order valence-electron chi connectivity index (χ4n) is 7.78. The average Bonchev–Trinajstić information content (AvgIpc) is 3.41. The molecule has 0 fully saturated rings. The van der Waals surface area contributed by atoms with Crippen LogP contribution in [0.3, 0.4) is 0 Å². The van der Waals surface area contributed by atoms with Crippen LogP contribution >= 0.6 is 11.8 Å². The Balaban J connectivity index is 0.00000329. The zero-order valence-electron chi connectivity index (χ0n) is 24.8. The van der Waals surface area contributed by atoms with Gasteiger partial charge in [0.25, 0.3) is 0 Å². The van der Waals surface area contributed by atoms with Crippen LogP contribution < -0.4 is 4.74 Å². The summed E-state index contributed by atoms with van der Waals surface area (Å²) in [7, 11) is 0. The number of aliphatic imine (C=N–C) groups is 1. The number of nitrogens with zero attached hydrogens (tertiary/aromatic N) is 2. The predicted molar refractivity (Wildman–Crippen MR) is 172 cm³/mol. The Hall–Kier alpha value is -3.40. The molecule has 0 saturated carbocycles. The van der Waals surface area contributed by atoms with Crippen LogP contribution in [0.25, 0.3) is 10.9 Å². The maximum absolute atomic E-state index is 10.3. The van der Waals surface area contributed by atoms with Gasteiger partial charge in [-0.25, -0.2) is 4.98 Å². The molecule has 0 unspecified atom stereocenters. The van der Waals surface area contributed by atoms with E-state index >= 15 is 0 Å². The van der Waals surface area contributed by atoms with Crippen LogP contribution in [0.15, 0.2) is 108 Å². The third-order valence-electron chi connectivity index (χ3n) is 9.53. The minimum Gasteiger partial charge on any atom is -0.506 e. The minimum absolute atomic E-state index is 0. The zero-order valence-corrected chi connectivity index (χ0v) is 27.9. The first-order valence-corrected chi connectivity index (χ1v) is 15.1. The van der Waals surface area contributed by atoms with Crippen molar-refractivity contribution in [2.45, 2.75) is 55.7 Å². The Labute approximate surface area is 271 Å². The summed E-state index contributed by atoms with van der Waals surface area (Å²) in [6.07, 6.45) is 0. The van der Waals surface area contributed by atoms with Gasteiger partial charge in [-0.3, -0.25) is 0 Å². The Kier molecular flexibility index (Phi) is 7.14. The van der Waals surface area contributed by atoms with Crippen LogP contribution in [0, 0.1) is 6.07 Å². The van der Waals surface area contributed by atoms with Gasteiger partial charge in [-0.15, -0.1) is 35.5 Å². The molecule has 220 valence electrons. The number of phenols is 1. The third-order valence-corrected chi connectivity index (χ3v) is 11.8. The number of pyridine rings is 1. The zero-order chi connectivity index (χ0) is 29.3. The standard InChI is InChI=1S/C37H33N2O2S.Pt/c1-34(2,26-15-7-6-8-16-26)37-35(3,4)28-18-9-10-19-29(28)36(37,5)39-33(42-37)25-14-11-17-27(23-25)41-31-22-21-24-13-12-20-30(40)32(24)38-31;/h6-22,40H,1-5H3;/q-1;/t36-,37+;/m0./s1. The van der Waals surface area contributed by atoms with Gasteiger partial charge in [-0.05, 0) is 35.7 Å². The summed E-state index contributed by atoms with van der Waals surface area (Å²) in [5.74, 6) is 1.08. The van der Waals surface area contributed by atoms with Crippen LogP contribution in [0.4, 0.5) is 0 Å². The summed E-state index contributed by atoms with van der Waals surface area (Å²) in [5, 5.41) is 12.1. The molecule has 4 aromatic carbocycles. The summed E-state index contributed by atoms with van der Waals surface area (Å²) >= 11 is 1.88. The van der Waals surface area contributed by atoms with Crippen LogP contribution in [0.1, 0.15) is 56.9 Å². The molecule has 1 aliphatic heterocycles. The van der Waals surface area contributed by atoms with E-state index in [1.165, 1.54) is 16.7 Å². The van der Waals surface area contributed by atoms with Crippen molar-refractivity contribution in [1.29, 1.82) is 0 Å². The van der Waals surface area contributed by atoms with Crippen molar-refractivity contribution < 1.29 is 30.9 Å². The number of rotatable bonds is 5. The van der Waals surface area contributed by atoms with Crippen LogP contribution in [-0.2, 0) is 37.4 Å². The number of aromatic hydroxyl groups is 1. The largest absolute Gasteiger partial charge is 0.506 e. The van der Waals surface area contributed by atoms with E-state index in [-0.39, 0.29) is 42.4 Å². The van der Waals surface area contributed by atoms with Gasteiger partial charge in [0.1, 0.15) is 11.3 Å². The number of thioether (sulfide) groups is 1. The van der Waals surface area contributed by atoms with E-state index in [9.17, 15) is 5.11 Å². The molecule has 0 radical (unpaired) electrons. The van der Waals surface area contributed by atoms with Crippen LogP contribution in [0.5, 0.6) is 17.4 Å². The summed E-state index contributed by atoms with van der Waals surface area (Å²) in [6.45, 7) is 11.8. The summed E-state index contributed by atoms with van der Waals surface area (Å²) in [6, 6.07) is 38.2. The molecule has 43 heavy (non-hydrogen) atoms. The summed E-state index contributed by atoms with van der Waals surface area (Å²) < 4.78 is 5.85. The molecule has 0 amide bonds. The number of para-hydroxylation sites is 1. The molecule has 2 atom stereocenters. The smallest absolute Gasteiger partial charge is 0.217 e. The number of fused-ring (bicyclic) bond motifs is 4. The topological polar surface area (TPSA) is 54.7 Å². The second-order valence-electron chi connectivity index (χ2n) is 12.5. The van der Waals surface area contributed by atoms with E-state index in [1.54, 1.807) is 12.1 Å². The Morgan fingerprint density at radius 1 is 0.791 bits per heavy atom. The van der Waals surface area contributed by atoms with Gasteiger partial charge in [0.05, 0.1) is 10.3 Å². The van der Waals surface area contributed by atoms with Crippen molar-refractivity contribution in [1.82, 2.24) is 4.98 Å². The molecule has 6 heteroatoms. The minimum atomic E-state index is -0.478. The van der Waals surface area contributed by atoms with Crippen molar-refractivity contribution in [2.75, 3.05) is 0 Å². The fraction of sp³-hybridized carbons (Fsp3) is 0.243. The number of hydrogen-bond acceptors (Lipinski definition) is 5. The van der Waals surface area contributed by atoms with Crippen molar-refractivity contribution in [3.63, 3.8) is 0 Å². The SMILES string of the molecule is CC(C)(c1ccccc1)[C@]12SC(c3[c-]c(Oc4ccc5cccc(O)c5n4)ccc3)=N[C@@]1(C)c1ccccc1C2(C)C.[Pt]. The molecule has 4 nitrogen and oxygen atoms in total. The molecule has 0 bridgehead atoms. The number of benzene rings is 4. The molecule has 2 aliphatic rings. The second-order valence-corrected chi connectivity index (χ2v) is 13.7. The number of phenolic OH excluding ortho intramolecular Hbond substituents is 1. The van der Waals surface area contributed by atoms with Gasteiger partial charge in [0.2, 0.25) is 5.88 Å². The normalized spacial score (nSPS) is 21.9. The van der Waals surface area contributed by atoms with Gasteiger partial charge in [-0.1, -0.05) is 100 Å². The molecule has 0 spiro atoms. The predicted octanol–water partition coefficient (Wildman–Crippen LogP) is 8.95. The van der Waals surface area contributed by atoms with Gasteiger partial charge < -0.3 is 14.8 Å². The van der Waals surface area contributed by atoms with Gasteiger partial charge in [-0.2, -0.15) is 0 Å². The summed E-state index contributed by atoms with van der Waals surface area (Å²) in [4.78, 5) is 10.1. The molecular formula is C37H33N2O2PtS-. The first-order valence-electron chi connectivity index (χ1n) is 14.3. The Morgan fingerprint density at radius 3 is 2.26 bits per heavy atom. The van der Waals surface area contributed by atoms with Crippen molar-refractivity contribution >= 4 is 27.7 Å². The van der Waals surface area contributed by atoms with Gasteiger partial charge in [0.15, 0.2) is 0 Å². The quantitative estimate of drug-likeness (QED) is 0.182. The molecule has 2 heterocycles. The molecule has 5 aromatic rings. The van der Waals surface area contributed by atoms with E-state index in [0.717, 1.165) is 16.0 Å². The maximum atomic E-state index is 10.3. The Morgan fingerprint density at radius 2 is 1.49 bits per heavy atom. The van der Waals surface area contributed by atoms with Gasteiger partial charge >= 0.3 is 0 Å². The first-order chi connectivity index (χ1) is 20.1. The monoisotopic (exact) mass is 764 g/mol. The van der Waals surface area contributed by atoms with Crippen LogP contribution in [0.2, 0.25) is 0 Å². The number of aromatic nitrogens is 1. The molecule has 7 rings (SSSR count). The van der Waals surface area contributed by atoms with Crippen molar-refractivity contribution in [3.05, 3.63) is 131 Å². The van der Waals surface area contributed by atoms with E-state index < -0.39 is 5.54 Å². The van der Waals surface area contributed by atoms with E-state index in [2.05, 4.69) is 106 Å². The van der Waals surface area contributed by atoms with E-state index in [0.29, 0.717) is 17.1 Å². The maximum Gasteiger partial charge on any atom is 0.217 e. The number of ether oxygens (including phenoxy) is 1. The van der Waals surface area contributed by atoms with Crippen molar-refractivity contribution in [3.8, 4) is 17.4 Å². The molecule has 0 saturated heterocycles. The fourth-order valence-corrected chi connectivity index (χ4v) is 9.62. The first kappa shape index (κ1) is 29.7. The third kappa shape index (κ3) is 4.15. The second kappa shape index (κ2) is 10.4. The van der Waals surface area contributed by atoms with Crippen molar-refractivity contribution in [2.24, 2.45) is 4.99 Å². The van der Waals surface area contributed by atoms with E-state index in [1.807, 2.05) is 42.1 Å². The Bertz CT molecular complexity index is 1890. The average molecular weight is 765 g/mol. The summed E-state index contributed by atoms with van der Waals surface area (Å²) in [5.41, 5.74) is 4.43. The van der Waals surface area contributed by atoms with Crippen LogP contribution in [-0.4, -0.2) is 19.9 Å². The van der Waals surface area contributed by atoms with Gasteiger partial charge in [0, 0.05) is 54.1 Å². The molecular weight excluding hydrogens is 732 g/mol. The van der Waals surface area contributed by atoms with E-state index in [4.69, 9.17) is 9.73 Å². The molecule has 1 aromatic heterocycles. The number of hydrogen-bond donors (Lipinski definition) is 1. The molecule has 1 N–H and O–H groups in total. The molecule has 1 aliphatic carbocycles.